The average Bonchev–Trinajstić information content (AvgIpc) is 2.90. The number of rotatable bonds is 2. The van der Waals surface area contributed by atoms with Crippen LogP contribution in [0.2, 0.25) is 0 Å². The zero-order valence-corrected chi connectivity index (χ0v) is 12.9. The maximum atomic E-state index is 12.1. The summed E-state index contributed by atoms with van der Waals surface area (Å²) >= 11 is 0. The Morgan fingerprint density at radius 3 is 2.59 bits per heavy atom. The van der Waals surface area contributed by atoms with Gasteiger partial charge in [0.25, 0.3) is 0 Å². The van der Waals surface area contributed by atoms with Crippen molar-refractivity contribution in [3.05, 3.63) is 0 Å². The topological polar surface area (TPSA) is 90.5 Å². The first-order valence-corrected chi connectivity index (χ1v) is 8.24. The van der Waals surface area contributed by atoms with E-state index >= 15 is 0 Å². The lowest BCUT2D eigenvalue weighted by Gasteiger charge is -2.35. The van der Waals surface area contributed by atoms with E-state index in [-0.39, 0.29) is 29.9 Å². The third-order valence-electron chi connectivity index (χ3n) is 4.94. The molecule has 3 atom stereocenters. The number of piperazine rings is 1. The number of hydrogen-bond acceptors (Lipinski definition) is 3. The van der Waals surface area contributed by atoms with E-state index < -0.39 is 12.1 Å². The lowest BCUT2D eigenvalue weighted by molar-refractivity contribution is -0.146. The molecular formula is C15H24N4O3. The van der Waals surface area contributed by atoms with Crippen LogP contribution in [0.1, 0.15) is 45.4 Å². The fourth-order valence-electron chi connectivity index (χ4n) is 3.77. The summed E-state index contributed by atoms with van der Waals surface area (Å²) in [4.78, 5) is 37.9. The molecule has 7 heteroatoms. The van der Waals surface area contributed by atoms with Gasteiger partial charge in [-0.05, 0) is 26.2 Å². The molecule has 0 radical (unpaired) electrons. The molecule has 1 saturated carbocycles. The monoisotopic (exact) mass is 308 g/mol. The molecule has 122 valence electrons. The Morgan fingerprint density at radius 2 is 1.86 bits per heavy atom. The number of amides is 4. The fraction of sp³-hybridized carbons (Fsp3) is 0.800. The average molecular weight is 308 g/mol. The van der Waals surface area contributed by atoms with E-state index in [1.807, 2.05) is 0 Å². The molecular weight excluding hydrogens is 284 g/mol. The lowest BCUT2D eigenvalue weighted by Crippen LogP contribution is -2.64. The SMILES string of the molecule is CC1NC(=O)C2C(NC(=O)NC3CCCCC3)CCN2C1=O. The second-order valence-corrected chi connectivity index (χ2v) is 6.55. The lowest BCUT2D eigenvalue weighted by atomic mass is 9.96. The highest BCUT2D eigenvalue weighted by Gasteiger charge is 2.47. The third kappa shape index (κ3) is 2.89. The second kappa shape index (κ2) is 6.14. The zero-order chi connectivity index (χ0) is 15.7. The highest BCUT2D eigenvalue weighted by Crippen LogP contribution is 2.23. The van der Waals surface area contributed by atoms with Crippen LogP contribution in [0.15, 0.2) is 0 Å². The van der Waals surface area contributed by atoms with Gasteiger partial charge in [-0.25, -0.2) is 4.79 Å². The molecule has 3 fully saturated rings. The molecule has 3 rings (SSSR count). The minimum absolute atomic E-state index is 0.0680. The summed E-state index contributed by atoms with van der Waals surface area (Å²) in [7, 11) is 0. The Hall–Kier alpha value is -1.79. The van der Waals surface area contributed by atoms with Crippen LogP contribution in [0.25, 0.3) is 0 Å². The van der Waals surface area contributed by atoms with Crippen molar-refractivity contribution in [1.82, 2.24) is 20.9 Å². The highest BCUT2D eigenvalue weighted by molar-refractivity contribution is 5.98. The van der Waals surface area contributed by atoms with Crippen molar-refractivity contribution in [2.45, 2.75) is 69.6 Å². The zero-order valence-electron chi connectivity index (χ0n) is 12.9. The van der Waals surface area contributed by atoms with Gasteiger partial charge in [0.15, 0.2) is 0 Å². The molecule has 0 aromatic carbocycles. The van der Waals surface area contributed by atoms with Gasteiger partial charge in [0.05, 0.1) is 6.04 Å². The van der Waals surface area contributed by atoms with Crippen molar-refractivity contribution in [2.24, 2.45) is 0 Å². The van der Waals surface area contributed by atoms with Crippen molar-refractivity contribution >= 4 is 17.8 Å². The summed E-state index contributed by atoms with van der Waals surface area (Å²) in [5.41, 5.74) is 0. The Bertz CT molecular complexity index is 475. The van der Waals surface area contributed by atoms with Crippen molar-refractivity contribution in [3.8, 4) is 0 Å². The number of carbonyl (C=O) groups is 3. The van der Waals surface area contributed by atoms with E-state index in [0.29, 0.717) is 13.0 Å². The standard InChI is InChI=1S/C15H24N4O3/c1-9-14(21)19-8-7-11(12(19)13(20)16-9)18-15(22)17-10-5-3-2-4-6-10/h9-12H,2-8H2,1H3,(H,16,20)(H2,17,18,22). The number of urea groups is 1. The van der Waals surface area contributed by atoms with Crippen molar-refractivity contribution in [2.75, 3.05) is 6.54 Å². The Labute approximate surface area is 130 Å². The van der Waals surface area contributed by atoms with E-state index in [4.69, 9.17) is 0 Å². The van der Waals surface area contributed by atoms with Gasteiger partial charge in [-0.1, -0.05) is 19.3 Å². The Kier molecular flexibility index (Phi) is 4.22. The van der Waals surface area contributed by atoms with Gasteiger partial charge < -0.3 is 20.9 Å². The van der Waals surface area contributed by atoms with Crippen molar-refractivity contribution in [3.63, 3.8) is 0 Å². The molecule has 3 aliphatic rings. The van der Waals surface area contributed by atoms with Crippen LogP contribution in [0, 0.1) is 0 Å². The molecule has 1 aliphatic carbocycles. The number of carbonyl (C=O) groups excluding carboxylic acids is 3. The fourth-order valence-corrected chi connectivity index (χ4v) is 3.77. The van der Waals surface area contributed by atoms with Gasteiger partial charge >= 0.3 is 6.03 Å². The summed E-state index contributed by atoms with van der Waals surface area (Å²) in [6.07, 6.45) is 6.20. The second-order valence-electron chi connectivity index (χ2n) is 6.55. The summed E-state index contributed by atoms with van der Waals surface area (Å²) in [5.74, 6) is -0.242. The third-order valence-corrected chi connectivity index (χ3v) is 4.94. The van der Waals surface area contributed by atoms with E-state index in [0.717, 1.165) is 25.7 Å². The molecule has 0 bridgehead atoms. The smallest absolute Gasteiger partial charge is 0.315 e. The number of fused-ring (bicyclic) bond motifs is 1. The van der Waals surface area contributed by atoms with E-state index in [1.165, 1.54) is 6.42 Å². The molecule has 3 N–H and O–H groups in total. The van der Waals surface area contributed by atoms with E-state index in [2.05, 4.69) is 16.0 Å². The van der Waals surface area contributed by atoms with Gasteiger partial charge in [-0.3, -0.25) is 9.59 Å². The Balaban J connectivity index is 1.57. The minimum Gasteiger partial charge on any atom is -0.343 e. The number of nitrogens with one attached hydrogen (secondary N) is 3. The van der Waals surface area contributed by atoms with Crippen LogP contribution in [0.3, 0.4) is 0 Å². The molecule has 0 spiro atoms. The summed E-state index contributed by atoms with van der Waals surface area (Å²) in [5, 5.41) is 8.56. The largest absolute Gasteiger partial charge is 0.343 e. The molecule has 2 saturated heterocycles. The van der Waals surface area contributed by atoms with Crippen molar-refractivity contribution < 1.29 is 14.4 Å². The van der Waals surface area contributed by atoms with E-state index in [1.54, 1.807) is 11.8 Å². The van der Waals surface area contributed by atoms with Crippen LogP contribution >= 0.6 is 0 Å². The van der Waals surface area contributed by atoms with E-state index in [9.17, 15) is 14.4 Å². The minimum atomic E-state index is -0.569. The van der Waals surface area contributed by atoms with Crippen molar-refractivity contribution in [1.29, 1.82) is 0 Å². The van der Waals surface area contributed by atoms with Gasteiger partial charge in [0.1, 0.15) is 12.1 Å². The maximum absolute atomic E-state index is 12.1. The summed E-state index contributed by atoms with van der Waals surface area (Å²) in [6.45, 7) is 2.21. The Morgan fingerprint density at radius 1 is 1.14 bits per heavy atom. The first-order chi connectivity index (χ1) is 10.6. The predicted molar refractivity (Wildman–Crippen MR) is 80.1 cm³/mol. The van der Waals surface area contributed by atoms with Gasteiger partial charge in [0.2, 0.25) is 11.8 Å². The normalized spacial score (nSPS) is 32.4. The predicted octanol–water partition coefficient (Wildman–Crippen LogP) is 0.106. The first-order valence-electron chi connectivity index (χ1n) is 8.24. The molecule has 22 heavy (non-hydrogen) atoms. The maximum Gasteiger partial charge on any atom is 0.315 e. The number of nitrogens with zero attached hydrogens (tertiary/aromatic N) is 1. The van der Waals surface area contributed by atoms with Crippen LogP contribution in [-0.2, 0) is 9.59 Å². The number of hydrogen-bond donors (Lipinski definition) is 3. The summed E-state index contributed by atoms with van der Waals surface area (Å²) in [6, 6.07) is -1.34. The molecule has 7 nitrogen and oxygen atoms in total. The quantitative estimate of drug-likeness (QED) is 0.676. The molecule has 2 aliphatic heterocycles. The summed E-state index contributed by atoms with van der Waals surface area (Å²) < 4.78 is 0. The van der Waals surface area contributed by atoms with Crippen LogP contribution in [0.4, 0.5) is 4.79 Å². The molecule has 3 unspecified atom stereocenters. The van der Waals surface area contributed by atoms with Crippen LogP contribution in [-0.4, -0.2) is 53.5 Å². The molecule has 0 aromatic heterocycles. The first kappa shape index (κ1) is 15.1. The van der Waals surface area contributed by atoms with Crippen LogP contribution in [0.5, 0.6) is 0 Å². The molecule has 2 heterocycles. The molecule has 0 aromatic rings. The van der Waals surface area contributed by atoms with Gasteiger partial charge in [0, 0.05) is 12.6 Å². The van der Waals surface area contributed by atoms with Gasteiger partial charge in [-0.2, -0.15) is 0 Å². The molecule has 4 amide bonds. The highest BCUT2D eigenvalue weighted by atomic mass is 16.2. The van der Waals surface area contributed by atoms with Gasteiger partial charge in [-0.15, -0.1) is 0 Å². The van der Waals surface area contributed by atoms with Crippen LogP contribution < -0.4 is 16.0 Å².